The van der Waals surface area contributed by atoms with Crippen molar-refractivity contribution in [3.05, 3.63) is 59.6 Å². The number of carbonyl (C=O) groups is 1. The molecule has 0 radical (unpaired) electrons. The fourth-order valence-corrected chi connectivity index (χ4v) is 4.58. The van der Waals surface area contributed by atoms with Crippen molar-refractivity contribution >= 4 is 11.8 Å². The maximum Gasteiger partial charge on any atom is 0.413 e. The van der Waals surface area contributed by atoms with Crippen LogP contribution in [0.4, 0.5) is 13.2 Å². The molecule has 6 nitrogen and oxygen atoms in total. The zero-order valence-electron chi connectivity index (χ0n) is 19.3. The van der Waals surface area contributed by atoms with Gasteiger partial charge in [0.1, 0.15) is 11.8 Å². The summed E-state index contributed by atoms with van der Waals surface area (Å²) < 4.78 is 44.1. The summed E-state index contributed by atoms with van der Waals surface area (Å²) >= 11 is 0. The molecule has 4 heterocycles. The molecule has 5 rings (SSSR count). The highest BCUT2D eigenvalue weighted by atomic mass is 19.4. The lowest BCUT2D eigenvalue weighted by Crippen LogP contribution is -2.58. The predicted molar refractivity (Wildman–Crippen MR) is 122 cm³/mol. The minimum atomic E-state index is -4.43. The molecular weight excluding hydrogens is 445 g/mol. The van der Waals surface area contributed by atoms with E-state index in [0.717, 1.165) is 38.1 Å². The van der Waals surface area contributed by atoms with Gasteiger partial charge < -0.3 is 9.64 Å². The first kappa shape index (κ1) is 23.9. The molecule has 3 atom stereocenters. The molecule has 2 aromatic rings. The maximum atomic E-state index is 13.7. The molecular formula is C25H27F3N4O2. The van der Waals surface area contributed by atoms with Gasteiger partial charge in [0.25, 0.3) is 5.91 Å². The Labute approximate surface area is 196 Å². The van der Waals surface area contributed by atoms with Gasteiger partial charge >= 0.3 is 6.18 Å². The highest BCUT2D eigenvalue weighted by Gasteiger charge is 2.45. The highest BCUT2D eigenvalue weighted by molar-refractivity contribution is 6.00. The number of hydrogen-bond acceptors (Lipinski definition) is 5. The Morgan fingerprint density at radius 2 is 2.00 bits per heavy atom. The van der Waals surface area contributed by atoms with Crippen LogP contribution in [0.15, 0.2) is 53.3 Å². The van der Waals surface area contributed by atoms with Crippen LogP contribution in [0.2, 0.25) is 0 Å². The van der Waals surface area contributed by atoms with Crippen LogP contribution >= 0.6 is 0 Å². The summed E-state index contributed by atoms with van der Waals surface area (Å²) in [7, 11) is 0. The second-order valence-electron chi connectivity index (χ2n) is 8.88. The minimum absolute atomic E-state index is 0.140. The largest absolute Gasteiger partial charge is 0.475 e. The van der Waals surface area contributed by atoms with Crippen molar-refractivity contribution < 1.29 is 22.7 Å². The van der Waals surface area contributed by atoms with Crippen LogP contribution in [-0.2, 0) is 4.74 Å². The first-order valence-corrected chi connectivity index (χ1v) is 11.3. The molecule has 3 unspecified atom stereocenters. The molecule has 1 aliphatic carbocycles. The highest BCUT2D eigenvalue weighted by Crippen LogP contribution is 2.38. The molecule has 2 aromatic heterocycles. The Morgan fingerprint density at radius 1 is 1.21 bits per heavy atom. The molecule has 2 bridgehead atoms. The van der Waals surface area contributed by atoms with Gasteiger partial charge in [0.2, 0.25) is 0 Å². The number of halogens is 3. The lowest BCUT2D eigenvalue weighted by Gasteiger charge is -2.49. The van der Waals surface area contributed by atoms with Gasteiger partial charge in [0, 0.05) is 37.1 Å². The zero-order chi connectivity index (χ0) is 24.5. The Hall–Kier alpha value is -3.23. The summed E-state index contributed by atoms with van der Waals surface area (Å²) in [5, 5.41) is 0. The van der Waals surface area contributed by atoms with Crippen molar-refractivity contribution in [2.75, 3.05) is 6.54 Å². The summed E-state index contributed by atoms with van der Waals surface area (Å²) in [5.41, 5.74) is 1.62. The number of allylic oxidation sites excluding steroid dienone is 1. The van der Waals surface area contributed by atoms with Crippen molar-refractivity contribution in [1.29, 1.82) is 0 Å². The number of carbonyl (C=O) groups excluding carboxylic acids is 1. The van der Waals surface area contributed by atoms with Crippen molar-refractivity contribution in [2.45, 2.75) is 58.4 Å². The van der Waals surface area contributed by atoms with E-state index in [4.69, 9.17) is 4.74 Å². The van der Waals surface area contributed by atoms with Crippen LogP contribution in [0.3, 0.4) is 0 Å². The van der Waals surface area contributed by atoms with Gasteiger partial charge in [-0.3, -0.25) is 14.8 Å². The van der Waals surface area contributed by atoms with E-state index in [0.29, 0.717) is 23.5 Å². The number of ether oxygens (including phenoxy) is 1. The summed E-state index contributed by atoms with van der Waals surface area (Å²) in [6.07, 6.45) is 0.179. The third-order valence-corrected chi connectivity index (χ3v) is 6.36. The number of nitrogens with zero attached hydrogens (tertiary/aromatic N) is 4. The fourth-order valence-electron chi connectivity index (χ4n) is 4.58. The molecule has 0 N–H and O–H groups in total. The molecule has 0 spiro atoms. The number of hydrogen-bond donors (Lipinski definition) is 0. The lowest BCUT2D eigenvalue weighted by molar-refractivity contribution is -0.0915. The van der Waals surface area contributed by atoms with E-state index in [2.05, 4.69) is 15.0 Å². The van der Waals surface area contributed by atoms with Gasteiger partial charge in [-0.1, -0.05) is 6.07 Å². The Balaban J connectivity index is 1.57. The van der Waals surface area contributed by atoms with E-state index in [1.54, 1.807) is 12.3 Å². The molecule has 2 aliphatic heterocycles. The summed E-state index contributed by atoms with van der Waals surface area (Å²) in [4.78, 5) is 28.3. The van der Waals surface area contributed by atoms with Crippen molar-refractivity contribution in [2.24, 2.45) is 10.9 Å². The summed E-state index contributed by atoms with van der Waals surface area (Å²) in [5.74, 6) is 0.272. The second-order valence-corrected chi connectivity index (χ2v) is 8.88. The van der Waals surface area contributed by atoms with E-state index < -0.39 is 11.7 Å². The molecule has 34 heavy (non-hydrogen) atoms. The Bertz CT molecular complexity index is 1110. The molecule has 0 aromatic carbocycles. The fraction of sp³-hybridized carbons (Fsp3) is 0.440. The van der Waals surface area contributed by atoms with Gasteiger partial charge in [0.05, 0.1) is 17.3 Å². The molecule has 1 saturated carbocycles. The van der Waals surface area contributed by atoms with E-state index in [1.807, 2.05) is 36.1 Å². The summed E-state index contributed by atoms with van der Waals surface area (Å²) in [6, 6.07) is 8.88. The SMILES string of the molecule is CC(=N/C=C(\C)C(F)(F)F)OC1CC2CCC1N(C(=O)c1ccc(C)nc1-c1ccccn1)C2. The third-order valence-electron chi connectivity index (χ3n) is 6.36. The molecule has 9 heteroatoms. The Morgan fingerprint density at radius 3 is 2.68 bits per heavy atom. The molecule has 2 saturated heterocycles. The predicted octanol–water partition coefficient (Wildman–Crippen LogP) is 5.35. The van der Waals surface area contributed by atoms with E-state index in [1.165, 1.54) is 6.92 Å². The number of aliphatic imine (C=N–C) groups is 1. The lowest BCUT2D eigenvalue weighted by atomic mass is 9.77. The zero-order valence-corrected chi connectivity index (χ0v) is 19.3. The first-order chi connectivity index (χ1) is 16.1. The smallest absolute Gasteiger partial charge is 0.413 e. The number of fused-ring (bicyclic) bond motifs is 3. The van der Waals surface area contributed by atoms with Crippen LogP contribution in [0, 0.1) is 12.8 Å². The number of alkyl halides is 3. The number of piperidine rings is 2. The van der Waals surface area contributed by atoms with Gasteiger partial charge in [-0.05, 0) is 63.3 Å². The number of aromatic nitrogens is 2. The van der Waals surface area contributed by atoms with Crippen molar-refractivity contribution in [3.8, 4) is 11.4 Å². The van der Waals surface area contributed by atoms with E-state index in [9.17, 15) is 18.0 Å². The average molecular weight is 473 g/mol. The van der Waals surface area contributed by atoms with Crippen LogP contribution in [0.5, 0.6) is 0 Å². The average Bonchev–Trinajstić information content (AvgIpc) is 2.82. The monoisotopic (exact) mass is 472 g/mol. The van der Waals surface area contributed by atoms with E-state index in [-0.39, 0.29) is 29.9 Å². The van der Waals surface area contributed by atoms with Crippen LogP contribution < -0.4 is 0 Å². The third kappa shape index (κ3) is 5.13. The standard InChI is InChI=1S/C25H27F3N4O2/c1-15(25(26,27)28)13-30-17(3)34-22-12-18-8-10-21(22)32(14-18)24(33)19-9-7-16(2)31-23(19)20-6-4-5-11-29-20/h4-7,9,11,13,18,21-22H,8,10,12,14H2,1-3H3/b15-13+,30-17?. The quantitative estimate of drug-likeness (QED) is 0.445. The maximum absolute atomic E-state index is 13.7. The second kappa shape index (κ2) is 9.56. The molecule has 3 aliphatic rings. The van der Waals surface area contributed by atoms with Crippen molar-refractivity contribution in [3.63, 3.8) is 0 Å². The molecule has 3 fully saturated rings. The van der Waals surface area contributed by atoms with Gasteiger partial charge in [-0.25, -0.2) is 4.99 Å². The molecule has 180 valence electrons. The van der Waals surface area contributed by atoms with Gasteiger partial charge in [0.15, 0.2) is 5.90 Å². The molecule has 1 amide bonds. The van der Waals surface area contributed by atoms with Crippen LogP contribution in [0.25, 0.3) is 11.4 Å². The topological polar surface area (TPSA) is 67.7 Å². The van der Waals surface area contributed by atoms with Crippen LogP contribution in [-0.4, -0.2) is 51.5 Å². The van der Waals surface area contributed by atoms with Gasteiger partial charge in [-0.15, -0.1) is 0 Å². The Kier molecular flexibility index (Phi) is 6.72. The van der Waals surface area contributed by atoms with E-state index >= 15 is 0 Å². The number of aryl methyl sites for hydroxylation is 1. The number of amides is 1. The normalized spacial score (nSPS) is 23.2. The van der Waals surface area contributed by atoms with Crippen molar-refractivity contribution in [1.82, 2.24) is 14.9 Å². The number of pyridine rings is 2. The van der Waals surface area contributed by atoms with Gasteiger partial charge in [-0.2, -0.15) is 13.2 Å². The summed E-state index contributed by atoms with van der Waals surface area (Å²) in [6.45, 7) is 4.98. The first-order valence-electron chi connectivity index (χ1n) is 11.3. The minimum Gasteiger partial charge on any atom is -0.475 e. The number of rotatable bonds is 4. The van der Waals surface area contributed by atoms with Crippen LogP contribution in [0.1, 0.15) is 49.2 Å².